The van der Waals surface area contributed by atoms with E-state index in [4.69, 9.17) is 9.72 Å². The number of carbonyl (C=O) groups is 1. The van der Waals surface area contributed by atoms with Gasteiger partial charge in [0.1, 0.15) is 11.6 Å². The number of aromatic nitrogens is 2. The normalized spacial score (nSPS) is 23.1. The summed E-state index contributed by atoms with van der Waals surface area (Å²) >= 11 is 0. The first-order valence-electron chi connectivity index (χ1n) is 10.6. The summed E-state index contributed by atoms with van der Waals surface area (Å²) in [7, 11) is 1.67. The molecule has 1 aliphatic carbocycles. The van der Waals surface area contributed by atoms with E-state index in [1.54, 1.807) is 7.11 Å². The first-order valence-corrected chi connectivity index (χ1v) is 10.6. The molecular weight excluding hydrogens is 376 g/mol. The van der Waals surface area contributed by atoms with Gasteiger partial charge in [-0.2, -0.15) is 0 Å². The van der Waals surface area contributed by atoms with Gasteiger partial charge in [-0.1, -0.05) is 18.2 Å². The van der Waals surface area contributed by atoms with E-state index in [9.17, 15) is 4.79 Å². The van der Waals surface area contributed by atoms with Crippen molar-refractivity contribution in [1.29, 1.82) is 0 Å². The van der Waals surface area contributed by atoms with E-state index in [0.717, 1.165) is 41.3 Å². The van der Waals surface area contributed by atoms with Crippen molar-refractivity contribution in [1.82, 2.24) is 20.0 Å². The number of fused-ring (bicyclic) bond motifs is 3. The minimum atomic E-state index is -0.570. The van der Waals surface area contributed by atoms with E-state index < -0.39 is 5.54 Å². The third-order valence-electron chi connectivity index (χ3n) is 6.70. The Morgan fingerprint density at radius 3 is 2.60 bits per heavy atom. The molecule has 2 aromatic heterocycles. The van der Waals surface area contributed by atoms with Crippen LogP contribution in [0.15, 0.2) is 48.8 Å². The van der Waals surface area contributed by atoms with E-state index >= 15 is 0 Å². The summed E-state index contributed by atoms with van der Waals surface area (Å²) in [5.41, 5.74) is 2.65. The number of hydrogen-bond acceptors (Lipinski definition) is 4. The summed E-state index contributed by atoms with van der Waals surface area (Å²) in [6.07, 6.45) is 5.08. The highest BCUT2D eigenvalue weighted by molar-refractivity contribution is 5.82. The highest BCUT2D eigenvalue weighted by atomic mass is 16.5. The fourth-order valence-electron chi connectivity index (χ4n) is 5.12. The maximum Gasteiger partial charge on any atom is 0.224 e. The van der Waals surface area contributed by atoms with Gasteiger partial charge in [0.15, 0.2) is 0 Å². The second kappa shape index (κ2) is 7.13. The fraction of sp³-hybridized carbons (Fsp3) is 0.417. The molecule has 5 rings (SSSR count). The smallest absolute Gasteiger partial charge is 0.224 e. The van der Waals surface area contributed by atoms with Crippen LogP contribution in [-0.4, -0.2) is 35.5 Å². The predicted molar refractivity (Wildman–Crippen MR) is 116 cm³/mol. The number of amides is 1. The largest absolute Gasteiger partial charge is 0.497 e. The Labute approximate surface area is 176 Å². The fourth-order valence-corrected chi connectivity index (χ4v) is 5.12. The number of carbonyl (C=O) groups excluding carboxylic acids is 1. The maximum atomic E-state index is 13.0. The third-order valence-corrected chi connectivity index (χ3v) is 6.70. The molecule has 1 saturated carbocycles. The number of pyridine rings is 1. The molecule has 2 atom stereocenters. The van der Waals surface area contributed by atoms with Crippen LogP contribution in [-0.2, 0) is 10.3 Å². The lowest BCUT2D eigenvalue weighted by Gasteiger charge is -2.49. The zero-order chi connectivity index (χ0) is 20.9. The van der Waals surface area contributed by atoms with Gasteiger partial charge in [-0.05, 0) is 69.0 Å². The molecule has 0 radical (unpaired) electrons. The number of hydrogen-bond donors (Lipinski definition) is 2. The first kappa shape index (κ1) is 19.1. The molecule has 2 fully saturated rings. The van der Waals surface area contributed by atoms with Gasteiger partial charge >= 0.3 is 0 Å². The molecule has 2 unspecified atom stereocenters. The Hall–Kier alpha value is -2.86. The summed E-state index contributed by atoms with van der Waals surface area (Å²) in [4.78, 5) is 17.8. The molecule has 1 amide bonds. The molecule has 2 bridgehead atoms. The van der Waals surface area contributed by atoms with E-state index in [2.05, 4.69) is 33.2 Å². The van der Waals surface area contributed by atoms with Crippen molar-refractivity contribution in [2.75, 3.05) is 20.2 Å². The second-order valence-electron chi connectivity index (χ2n) is 9.04. The topological polar surface area (TPSA) is 67.7 Å². The van der Waals surface area contributed by atoms with Gasteiger partial charge in [0.05, 0.1) is 24.4 Å². The van der Waals surface area contributed by atoms with Gasteiger partial charge in [-0.3, -0.25) is 4.79 Å². The first-order chi connectivity index (χ1) is 14.5. The molecule has 6 nitrogen and oxygen atoms in total. The summed E-state index contributed by atoms with van der Waals surface area (Å²) in [6, 6.07) is 12.2. The van der Waals surface area contributed by atoms with Crippen LogP contribution in [0, 0.1) is 17.8 Å². The standard InChI is InChI=1S/C24H28N4O2/c1-24(2,27-22(29)21-16-11-17(21)13-25-12-16)23-26-14-20-19(5-4-10-28(20)23)15-6-8-18(30-3)9-7-15/h4-10,14,16-17,21,25H,11-13H2,1-3H3,(H,27,29). The molecule has 156 valence electrons. The van der Waals surface area contributed by atoms with Crippen molar-refractivity contribution >= 4 is 11.4 Å². The average molecular weight is 405 g/mol. The van der Waals surface area contributed by atoms with Gasteiger partial charge in [-0.15, -0.1) is 0 Å². The number of nitrogens with one attached hydrogen (secondary N) is 2. The summed E-state index contributed by atoms with van der Waals surface area (Å²) in [5, 5.41) is 6.70. The lowest BCUT2D eigenvalue weighted by atomic mass is 9.61. The van der Waals surface area contributed by atoms with Crippen molar-refractivity contribution in [3.8, 4) is 16.9 Å². The highest BCUT2D eigenvalue weighted by Gasteiger charge is 2.48. The van der Waals surface area contributed by atoms with E-state index in [0.29, 0.717) is 11.8 Å². The minimum absolute atomic E-state index is 0.131. The third kappa shape index (κ3) is 3.06. The average Bonchev–Trinajstić information content (AvgIpc) is 3.19. The van der Waals surface area contributed by atoms with Crippen molar-refractivity contribution in [3.05, 3.63) is 54.6 Å². The van der Waals surface area contributed by atoms with Gasteiger partial charge in [0.25, 0.3) is 0 Å². The van der Waals surface area contributed by atoms with Crippen LogP contribution in [0.25, 0.3) is 16.6 Å². The SMILES string of the molecule is COc1ccc(-c2cccn3c(C(C)(C)NC(=O)C4C5CNCC4C5)ncc23)cc1. The van der Waals surface area contributed by atoms with Crippen LogP contribution in [0.1, 0.15) is 26.1 Å². The van der Waals surface area contributed by atoms with Crippen molar-refractivity contribution in [3.63, 3.8) is 0 Å². The van der Waals surface area contributed by atoms with Crippen LogP contribution < -0.4 is 15.4 Å². The maximum absolute atomic E-state index is 13.0. The molecule has 3 heterocycles. The van der Waals surface area contributed by atoms with Crippen molar-refractivity contribution in [2.45, 2.75) is 25.8 Å². The van der Waals surface area contributed by atoms with Crippen LogP contribution in [0.4, 0.5) is 0 Å². The molecular formula is C24H28N4O2. The molecule has 0 spiro atoms. The lowest BCUT2D eigenvalue weighted by molar-refractivity contribution is -0.138. The van der Waals surface area contributed by atoms with Crippen molar-refractivity contribution < 1.29 is 9.53 Å². The van der Waals surface area contributed by atoms with E-state index in [-0.39, 0.29) is 11.8 Å². The Kier molecular flexibility index (Phi) is 4.54. The number of rotatable bonds is 5. The Balaban J connectivity index is 1.44. The summed E-state index contributed by atoms with van der Waals surface area (Å²) < 4.78 is 7.36. The highest BCUT2D eigenvalue weighted by Crippen LogP contribution is 2.43. The number of imidazole rings is 1. The Morgan fingerprint density at radius 1 is 1.20 bits per heavy atom. The summed E-state index contributed by atoms with van der Waals surface area (Å²) in [6.45, 7) is 5.97. The quantitative estimate of drug-likeness (QED) is 0.685. The number of methoxy groups -OCH3 is 1. The van der Waals surface area contributed by atoms with Crippen molar-refractivity contribution in [2.24, 2.45) is 17.8 Å². The Bertz CT molecular complexity index is 1070. The van der Waals surface area contributed by atoms with E-state index in [1.165, 1.54) is 6.42 Å². The van der Waals surface area contributed by atoms with Gasteiger partial charge in [0.2, 0.25) is 5.91 Å². The molecule has 1 saturated heterocycles. The minimum Gasteiger partial charge on any atom is -0.497 e. The molecule has 2 aliphatic rings. The number of nitrogens with zero attached hydrogens (tertiary/aromatic N) is 2. The van der Waals surface area contributed by atoms with Gasteiger partial charge < -0.3 is 19.8 Å². The molecule has 1 aliphatic heterocycles. The van der Waals surface area contributed by atoms with Gasteiger partial charge in [0, 0.05) is 17.7 Å². The second-order valence-corrected chi connectivity index (χ2v) is 9.04. The zero-order valence-corrected chi connectivity index (χ0v) is 17.7. The Morgan fingerprint density at radius 2 is 1.93 bits per heavy atom. The molecule has 6 heteroatoms. The van der Waals surface area contributed by atoms with Crippen LogP contribution in [0.2, 0.25) is 0 Å². The number of piperidine rings is 2. The van der Waals surface area contributed by atoms with Crippen LogP contribution in [0.3, 0.4) is 0 Å². The van der Waals surface area contributed by atoms with Gasteiger partial charge in [-0.25, -0.2) is 4.98 Å². The number of ether oxygens (including phenoxy) is 1. The number of benzene rings is 1. The van der Waals surface area contributed by atoms with E-state index in [1.807, 2.05) is 44.4 Å². The monoisotopic (exact) mass is 404 g/mol. The summed E-state index contributed by atoms with van der Waals surface area (Å²) in [5.74, 6) is 2.90. The molecule has 1 aromatic carbocycles. The molecule has 3 aromatic rings. The molecule has 2 N–H and O–H groups in total. The lowest BCUT2D eigenvalue weighted by Crippen LogP contribution is -2.60. The zero-order valence-electron chi connectivity index (χ0n) is 17.7. The van der Waals surface area contributed by atoms with Crippen LogP contribution >= 0.6 is 0 Å². The van der Waals surface area contributed by atoms with Crippen LogP contribution in [0.5, 0.6) is 5.75 Å². The molecule has 30 heavy (non-hydrogen) atoms. The predicted octanol–water partition coefficient (Wildman–Crippen LogP) is 3.22.